The summed E-state index contributed by atoms with van der Waals surface area (Å²) in [7, 11) is 0. The van der Waals surface area contributed by atoms with Crippen LogP contribution in [0.1, 0.15) is 44.1 Å². The van der Waals surface area contributed by atoms with E-state index in [9.17, 15) is 4.79 Å². The van der Waals surface area contributed by atoms with E-state index in [1.807, 2.05) is 24.0 Å². The number of piperidine rings is 1. The summed E-state index contributed by atoms with van der Waals surface area (Å²) in [5, 5.41) is 0. The summed E-state index contributed by atoms with van der Waals surface area (Å²) >= 11 is 0. The van der Waals surface area contributed by atoms with E-state index in [4.69, 9.17) is 14.2 Å². The van der Waals surface area contributed by atoms with Crippen molar-refractivity contribution in [1.82, 2.24) is 9.88 Å². The Morgan fingerprint density at radius 2 is 2.00 bits per heavy atom. The monoisotopic (exact) mass is 374 g/mol. The second kappa shape index (κ2) is 8.15. The zero-order valence-corrected chi connectivity index (χ0v) is 16.2. The molecule has 6 heteroatoms. The largest absolute Gasteiger partial charge is 0.474 e. The first-order valence-corrected chi connectivity index (χ1v) is 10.2. The van der Waals surface area contributed by atoms with Crippen LogP contribution in [0, 0.1) is 12.8 Å². The molecule has 0 aromatic carbocycles. The Bertz CT molecular complexity index is 651. The van der Waals surface area contributed by atoms with Crippen molar-refractivity contribution in [1.29, 1.82) is 0 Å². The van der Waals surface area contributed by atoms with E-state index in [0.717, 1.165) is 57.2 Å². The van der Waals surface area contributed by atoms with Crippen LogP contribution < -0.4 is 4.74 Å². The van der Waals surface area contributed by atoms with Crippen molar-refractivity contribution in [3.05, 3.63) is 23.9 Å². The van der Waals surface area contributed by atoms with Crippen molar-refractivity contribution in [2.75, 3.05) is 32.9 Å². The molecular weight excluding hydrogens is 344 g/mol. The van der Waals surface area contributed by atoms with Gasteiger partial charge in [0, 0.05) is 57.3 Å². The Kier molecular flexibility index (Phi) is 5.64. The van der Waals surface area contributed by atoms with Crippen LogP contribution in [0.3, 0.4) is 0 Å². The molecule has 0 radical (unpaired) electrons. The predicted octanol–water partition coefficient (Wildman–Crippen LogP) is 2.74. The Balaban J connectivity index is 1.32. The summed E-state index contributed by atoms with van der Waals surface area (Å²) in [6.45, 7) is 5.75. The van der Waals surface area contributed by atoms with E-state index in [2.05, 4.69) is 4.98 Å². The standard InChI is InChI=1S/C21H30N2O4/c1-16-2-8-22-19(14-16)27-18-5-13-26-21(15-18)6-9-23(10-7-21)20(24)17-3-11-25-12-4-17/h2,8,14,17-18H,3-7,9-13,15H2,1H3. The molecule has 148 valence electrons. The summed E-state index contributed by atoms with van der Waals surface area (Å²) < 4.78 is 17.7. The molecule has 3 aliphatic heterocycles. The van der Waals surface area contributed by atoms with Gasteiger partial charge >= 0.3 is 0 Å². The lowest BCUT2D eigenvalue weighted by Gasteiger charge is -2.46. The van der Waals surface area contributed by atoms with Crippen molar-refractivity contribution >= 4 is 5.91 Å². The van der Waals surface area contributed by atoms with Crippen LogP contribution in [0.2, 0.25) is 0 Å². The number of aromatic nitrogens is 1. The van der Waals surface area contributed by atoms with Crippen molar-refractivity contribution in [3.63, 3.8) is 0 Å². The molecule has 3 fully saturated rings. The molecular formula is C21H30N2O4. The maximum absolute atomic E-state index is 12.8. The molecule has 1 aromatic heterocycles. The Morgan fingerprint density at radius 3 is 2.74 bits per heavy atom. The van der Waals surface area contributed by atoms with Crippen LogP contribution in [-0.2, 0) is 14.3 Å². The highest BCUT2D eigenvalue weighted by Crippen LogP contribution is 2.37. The van der Waals surface area contributed by atoms with Crippen LogP contribution in [0.25, 0.3) is 0 Å². The van der Waals surface area contributed by atoms with Gasteiger partial charge in [0.2, 0.25) is 11.8 Å². The summed E-state index contributed by atoms with van der Waals surface area (Å²) in [4.78, 5) is 19.1. The summed E-state index contributed by atoms with van der Waals surface area (Å²) in [5.74, 6) is 1.15. The molecule has 1 spiro atoms. The average Bonchev–Trinajstić information content (AvgIpc) is 2.69. The number of hydrogen-bond donors (Lipinski definition) is 0. The SMILES string of the molecule is Cc1ccnc(OC2CCOC3(CCN(C(=O)C4CCOCC4)CC3)C2)c1. The minimum absolute atomic E-state index is 0.130. The topological polar surface area (TPSA) is 60.9 Å². The molecule has 3 saturated heterocycles. The van der Waals surface area contributed by atoms with Crippen molar-refractivity contribution < 1.29 is 19.0 Å². The van der Waals surface area contributed by atoms with E-state index in [1.165, 1.54) is 0 Å². The fraction of sp³-hybridized carbons (Fsp3) is 0.714. The van der Waals surface area contributed by atoms with Gasteiger partial charge in [0.05, 0.1) is 12.2 Å². The number of aryl methyl sites for hydroxylation is 1. The van der Waals surface area contributed by atoms with Crippen LogP contribution in [0.15, 0.2) is 18.3 Å². The highest BCUT2D eigenvalue weighted by Gasteiger charge is 2.42. The third-order valence-electron chi connectivity index (χ3n) is 6.18. The van der Waals surface area contributed by atoms with Crippen LogP contribution in [0.5, 0.6) is 5.88 Å². The number of ether oxygens (including phenoxy) is 3. The number of pyridine rings is 1. The predicted molar refractivity (Wildman–Crippen MR) is 101 cm³/mol. The number of carbonyl (C=O) groups excluding carboxylic acids is 1. The second-order valence-corrected chi connectivity index (χ2v) is 8.15. The lowest BCUT2D eigenvalue weighted by Crippen LogP contribution is -2.53. The van der Waals surface area contributed by atoms with E-state index in [1.54, 1.807) is 6.20 Å². The molecule has 4 rings (SSSR count). The Hall–Kier alpha value is -1.66. The minimum Gasteiger partial charge on any atom is -0.474 e. The van der Waals surface area contributed by atoms with Gasteiger partial charge in [-0.3, -0.25) is 4.79 Å². The number of hydrogen-bond acceptors (Lipinski definition) is 5. The Labute approximate surface area is 161 Å². The lowest BCUT2D eigenvalue weighted by atomic mass is 9.82. The van der Waals surface area contributed by atoms with Gasteiger partial charge in [0.15, 0.2) is 0 Å². The molecule has 6 nitrogen and oxygen atoms in total. The summed E-state index contributed by atoms with van der Waals surface area (Å²) in [6, 6.07) is 3.96. The maximum atomic E-state index is 12.8. The van der Waals surface area contributed by atoms with Gasteiger partial charge in [0.25, 0.3) is 0 Å². The van der Waals surface area contributed by atoms with Crippen LogP contribution in [0.4, 0.5) is 0 Å². The van der Waals surface area contributed by atoms with Gasteiger partial charge in [-0.15, -0.1) is 0 Å². The number of rotatable bonds is 3. The van der Waals surface area contributed by atoms with Gasteiger partial charge < -0.3 is 19.1 Å². The van der Waals surface area contributed by atoms with E-state index in [-0.39, 0.29) is 17.6 Å². The average molecular weight is 374 g/mol. The van der Waals surface area contributed by atoms with Crippen molar-refractivity contribution in [2.24, 2.45) is 5.92 Å². The molecule has 4 heterocycles. The van der Waals surface area contributed by atoms with Crippen LogP contribution >= 0.6 is 0 Å². The third-order valence-corrected chi connectivity index (χ3v) is 6.18. The fourth-order valence-corrected chi connectivity index (χ4v) is 4.51. The van der Waals surface area contributed by atoms with E-state index >= 15 is 0 Å². The molecule has 1 amide bonds. The zero-order chi connectivity index (χ0) is 18.7. The Morgan fingerprint density at radius 1 is 1.22 bits per heavy atom. The van der Waals surface area contributed by atoms with Gasteiger partial charge in [-0.2, -0.15) is 0 Å². The minimum atomic E-state index is -0.154. The molecule has 0 N–H and O–H groups in total. The number of carbonyl (C=O) groups is 1. The molecule has 1 atom stereocenters. The summed E-state index contributed by atoms with van der Waals surface area (Å²) in [5.41, 5.74) is 1.00. The molecule has 0 aliphatic carbocycles. The van der Waals surface area contributed by atoms with E-state index in [0.29, 0.717) is 31.6 Å². The molecule has 27 heavy (non-hydrogen) atoms. The first-order chi connectivity index (χ1) is 13.1. The first kappa shape index (κ1) is 18.7. The molecule has 0 saturated carbocycles. The van der Waals surface area contributed by atoms with Gasteiger partial charge in [-0.25, -0.2) is 4.98 Å². The highest BCUT2D eigenvalue weighted by molar-refractivity contribution is 5.79. The maximum Gasteiger partial charge on any atom is 0.225 e. The molecule has 1 aromatic rings. The summed E-state index contributed by atoms with van der Waals surface area (Å²) in [6.07, 6.45) is 7.19. The number of amides is 1. The first-order valence-electron chi connectivity index (χ1n) is 10.2. The van der Waals surface area contributed by atoms with Gasteiger partial charge in [-0.05, 0) is 44.2 Å². The second-order valence-electron chi connectivity index (χ2n) is 8.15. The number of likely N-dealkylation sites (tertiary alicyclic amines) is 1. The normalized spacial score (nSPS) is 26.1. The molecule has 1 unspecified atom stereocenters. The van der Waals surface area contributed by atoms with Gasteiger partial charge in [-0.1, -0.05) is 0 Å². The van der Waals surface area contributed by atoms with Gasteiger partial charge in [0.1, 0.15) is 6.10 Å². The smallest absolute Gasteiger partial charge is 0.225 e. The number of nitrogens with zero attached hydrogens (tertiary/aromatic N) is 2. The van der Waals surface area contributed by atoms with E-state index < -0.39 is 0 Å². The molecule has 0 bridgehead atoms. The van der Waals surface area contributed by atoms with Crippen molar-refractivity contribution in [3.8, 4) is 5.88 Å². The fourth-order valence-electron chi connectivity index (χ4n) is 4.51. The quantitative estimate of drug-likeness (QED) is 0.814. The third kappa shape index (κ3) is 4.43. The molecule has 3 aliphatic rings. The zero-order valence-electron chi connectivity index (χ0n) is 16.2. The van der Waals surface area contributed by atoms with Crippen LogP contribution in [-0.4, -0.2) is 60.4 Å². The van der Waals surface area contributed by atoms with Crippen molar-refractivity contribution in [2.45, 2.75) is 57.2 Å². The lowest BCUT2D eigenvalue weighted by molar-refractivity contribution is -0.156. The highest BCUT2D eigenvalue weighted by atomic mass is 16.5.